The van der Waals surface area contributed by atoms with E-state index in [-0.39, 0.29) is 24.3 Å². The first-order valence-electron chi connectivity index (χ1n) is 9.21. The molecule has 2 heterocycles. The Hall–Kier alpha value is -3.70. The number of methoxy groups -OCH3 is 1. The minimum Gasteiger partial charge on any atom is -0.383 e. The normalized spacial score (nSPS) is 13.0. The molecule has 1 aliphatic heterocycles. The zero-order valence-electron chi connectivity index (χ0n) is 16.3. The van der Waals surface area contributed by atoms with Crippen LogP contribution >= 0.6 is 11.3 Å². The van der Waals surface area contributed by atoms with E-state index in [0.717, 1.165) is 15.7 Å². The van der Waals surface area contributed by atoms with Gasteiger partial charge in [0, 0.05) is 13.2 Å². The first kappa shape index (κ1) is 20.6. The molecule has 158 valence electrons. The van der Waals surface area contributed by atoms with Gasteiger partial charge in [-0.05, 0) is 18.2 Å². The van der Waals surface area contributed by atoms with Crippen molar-refractivity contribution in [2.75, 3.05) is 31.7 Å². The molecule has 3 amide bonds. The topological polar surface area (TPSA) is 123 Å². The molecule has 3 aromatic rings. The van der Waals surface area contributed by atoms with Crippen LogP contribution in [0.3, 0.4) is 0 Å². The maximum atomic E-state index is 13.1. The number of aromatic nitrogens is 1. The average molecular weight is 440 g/mol. The van der Waals surface area contributed by atoms with Gasteiger partial charge in [-0.3, -0.25) is 34.3 Å². The Morgan fingerprint density at radius 2 is 1.97 bits per heavy atom. The molecule has 2 aromatic carbocycles. The second-order valence-electron chi connectivity index (χ2n) is 6.66. The van der Waals surface area contributed by atoms with Gasteiger partial charge in [0.2, 0.25) is 5.91 Å². The van der Waals surface area contributed by atoms with Gasteiger partial charge in [0.1, 0.15) is 12.1 Å². The van der Waals surface area contributed by atoms with Crippen LogP contribution in [-0.4, -0.2) is 59.3 Å². The fourth-order valence-corrected chi connectivity index (χ4v) is 4.33. The summed E-state index contributed by atoms with van der Waals surface area (Å²) in [7, 11) is 1.49. The van der Waals surface area contributed by atoms with Crippen LogP contribution in [0.4, 0.5) is 10.8 Å². The van der Waals surface area contributed by atoms with Crippen molar-refractivity contribution in [1.29, 1.82) is 0 Å². The summed E-state index contributed by atoms with van der Waals surface area (Å²) in [6.45, 7) is -0.184. The predicted octanol–water partition coefficient (Wildman–Crippen LogP) is 2.48. The number of rotatable bonds is 7. The molecule has 31 heavy (non-hydrogen) atoms. The number of benzene rings is 2. The second kappa shape index (κ2) is 8.20. The summed E-state index contributed by atoms with van der Waals surface area (Å²) in [5, 5.41) is 11.7. The zero-order chi connectivity index (χ0) is 22.1. The first-order valence-corrected chi connectivity index (χ1v) is 10.0. The number of imide groups is 1. The number of anilines is 1. The average Bonchev–Trinajstić information content (AvgIpc) is 3.29. The first-order chi connectivity index (χ1) is 14.9. The fourth-order valence-electron chi connectivity index (χ4n) is 3.32. The molecule has 0 aliphatic carbocycles. The highest BCUT2D eigenvalue weighted by Crippen LogP contribution is 2.32. The number of para-hydroxylation sites is 1. The van der Waals surface area contributed by atoms with Crippen molar-refractivity contribution in [3.05, 3.63) is 63.7 Å². The van der Waals surface area contributed by atoms with Crippen LogP contribution in [0.2, 0.25) is 0 Å². The Bertz CT molecular complexity index is 1190. The maximum absolute atomic E-state index is 13.1. The van der Waals surface area contributed by atoms with Gasteiger partial charge in [-0.2, -0.15) is 0 Å². The van der Waals surface area contributed by atoms with Crippen LogP contribution in [0.5, 0.6) is 0 Å². The third-order valence-electron chi connectivity index (χ3n) is 4.80. The van der Waals surface area contributed by atoms with Crippen molar-refractivity contribution < 1.29 is 24.0 Å². The van der Waals surface area contributed by atoms with Gasteiger partial charge >= 0.3 is 0 Å². The number of carbonyl (C=O) groups is 3. The molecular formula is C20H16N4O6S. The molecule has 11 heteroatoms. The van der Waals surface area contributed by atoms with Crippen LogP contribution in [0.25, 0.3) is 10.2 Å². The van der Waals surface area contributed by atoms with Gasteiger partial charge < -0.3 is 4.74 Å². The highest BCUT2D eigenvalue weighted by atomic mass is 32.1. The van der Waals surface area contributed by atoms with E-state index in [0.29, 0.717) is 10.6 Å². The van der Waals surface area contributed by atoms with Crippen molar-refractivity contribution in [3.8, 4) is 0 Å². The largest absolute Gasteiger partial charge is 0.383 e. The molecule has 0 radical (unpaired) electrons. The van der Waals surface area contributed by atoms with E-state index < -0.39 is 34.9 Å². The molecule has 0 saturated carbocycles. The van der Waals surface area contributed by atoms with Crippen molar-refractivity contribution in [1.82, 2.24) is 9.88 Å². The smallest absolute Gasteiger partial charge is 0.282 e. The molecular weight excluding hydrogens is 424 g/mol. The molecule has 0 fully saturated rings. The number of amides is 3. The molecule has 0 bridgehead atoms. The van der Waals surface area contributed by atoms with E-state index in [1.165, 1.54) is 35.5 Å². The van der Waals surface area contributed by atoms with E-state index in [2.05, 4.69) is 4.98 Å². The molecule has 1 aliphatic rings. The molecule has 0 N–H and O–H groups in total. The quantitative estimate of drug-likeness (QED) is 0.314. The molecule has 0 unspecified atom stereocenters. The minimum atomic E-state index is -0.864. The third-order valence-corrected chi connectivity index (χ3v) is 5.86. The van der Waals surface area contributed by atoms with Gasteiger partial charge in [-0.25, -0.2) is 4.98 Å². The van der Waals surface area contributed by atoms with Gasteiger partial charge in [-0.1, -0.05) is 29.5 Å². The molecule has 0 spiro atoms. The summed E-state index contributed by atoms with van der Waals surface area (Å²) in [5.74, 6) is -2.15. The number of nitro benzene ring substituents is 1. The fraction of sp³-hybridized carbons (Fsp3) is 0.200. The number of nitro groups is 1. The molecule has 4 rings (SSSR count). The number of nitrogens with zero attached hydrogens (tertiary/aromatic N) is 4. The van der Waals surface area contributed by atoms with E-state index in [4.69, 9.17) is 4.74 Å². The number of carbonyl (C=O) groups excluding carboxylic acids is 3. The summed E-state index contributed by atoms with van der Waals surface area (Å²) in [6, 6.07) is 11.2. The monoisotopic (exact) mass is 440 g/mol. The van der Waals surface area contributed by atoms with Crippen LogP contribution in [-0.2, 0) is 9.53 Å². The molecule has 0 atom stereocenters. The van der Waals surface area contributed by atoms with Crippen LogP contribution < -0.4 is 4.90 Å². The van der Waals surface area contributed by atoms with Crippen molar-refractivity contribution in [3.63, 3.8) is 0 Å². The highest BCUT2D eigenvalue weighted by Gasteiger charge is 2.42. The lowest BCUT2D eigenvalue weighted by Gasteiger charge is -2.22. The highest BCUT2D eigenvalue weighted by molar-refractivity contribution is 7.22. The van der Waals surface area contributed by atoms with Gasteiger partial charge in [0.15, 0.2) is 5.13 Å². The summed E-state index contributed by atoms with van der Waals surface area (Å²) in [4.78, 5) is 55.7. The number of thiazole rings is 1. The standard InChI is InChI=1S/C20H16N4O6S/c1-30-10-9-22(20-21-13-6-2-3-8-15(13)31-20)16(25)11-23-18(26)12-5-4-7-14(24(28)29)17(12)19(23)27/h2-8H,9-11H2,1H3. The van der Waals surface area contributed by atoms with Gasteiger partial charge in [0.05, 0.1) is 33.9 Å². The maximum Gasteiger partial charge on any atom is 0.282 e. The number of hydrogen-bond donors (Lipinski definition) is 0. The lowest BCUT2D eigenvalue weighted by molar-refractivity contribution is -0.385. The Morgan fingerprint density at radius 1 is 1.19 bits per heavy atom. The van der Waals surface area contributed by atoms with E-state index in [1.807, 2.05) is 24.3 Å². The SMILES string of the molecule is COCCN(C(=O)CN1C(=O)c2cccc([N+](=O)[O-])c2C1=O)c1nc2ccccc2s1. The molecule has 0 saturated heterocycles. The predicted molar refractivity (Wildman–Crippen MR) is 112 cm³/mol. The van der Waals surface area contributed by atoms with Crippen molar-refractivity contribution >= 4 is 50.1 Å². The van der Waals surface area contributed by atoms with Crippen molar-refractivity contribution in [2.24, 2.45) is 0 Å². The van der Waals surface area contributed by atoms with Gasteiger partial charge in [-0.15, -0.1) is 0 Å². The minimum absolute atomic E-state index is 0.0876. The number of hydrogen-bond acceptors (Lipinski definition) is 8. The Kier molecular flexibility index (Phi) is 5.44. The lowest BCUT2D eigenvalue weighted by atomic mass is 10.1. The van der Waals surface area contributed by atoms with E-state index in [9.17, 15) is 24.5 Å². The Labute approximate surface area is 179 Å². The van der Waals surface area contributed by atoms with E-state index >= 15 is 0 Å². The summed E-state index contributed by atoms with van der Waals surface area (Å²) < 4.78 is 5.96. The third kappa shape index (κ3) is 3.64. The van der Waals surface area contributed by atoms with Crippen LogP contribution in [0.15, 0.2) is 42.5 Å². The molecule has 1 aromatic heterocycles. The summed E-state index contributed by atoms with van der Waals surface area (Å²) in [6.07, 6.45) is 0. The van der Waals surface area contributed by atoms with Gasteiger partial charge in [0.25, 0.3) is 17.5 Å². The zero-order valence-corrected chi connectivity index (χ0v) is 17.1. The second-order valence-corrected chi connectivity index (χ2v) is 7.66. The summed E-state index contributed by atoms with van der Waals surface area (Å²) >= 11 is 1.30. The van der Waals surface area contributed by atoms with Crippen LogP contribution in [0, 0.1) is 10.1 Å². The van der Waals surface area contributed by atoms with Crippen molar-refractivity contribution in [2.45, 2.75) is 0 Å². The van der Waals surface area contributed by atoms with E-state index in [1.54, 1.807) is 0 Å². The summed E-state index contributed by atoms with van der Waals surface area (Å²) in [5.41, 5.74) is -0.133. The Balaban J connectivity index is 1.63. The lowest BCUT2D eigenvalue weighted by Crippen LogP contribution is -2.44. The number of fused-ring (bicyclic) bond motifs is 2. The Morgan fingerprint density at radius 3 is 2.68 bits per heavy atom. The molecule has 10 nitrogen and oxygen atoms in total. The number of ether oxygens (including phenoxy) is 1. The van der Waals surface area contributed by atoms with Crippen LogP contribution in [0.1, 0.15) is 20.7 Å².